The summed E-state index contributed by atoms with van der Waals surface area (Å²) in [4.78, 5) is 12.3. The molecular formula is C16H18Cl2N2O. The van der Waals surface area contributed by atoms with Crippen molar-refractivity contribution in [3.63, 3.8) is 0 Å². The molecule has 0 aliphatic heterocycles. The fourth-order valence-electron chi connectivity index (χ4n) is 2.32. The average Bonchev–Trinajstić information content (AvgIpc) is 2.87. The second-order valence-corrected chi connectivity index (χ2v) is 5.89. The first-order chi connectivity index (χ1) is 10.0. The lowest BCUT2D eigenvalue weighted by molar-refractivity contribution is 0.0991. The normalized spacial score (nSPS) is 11.1. The molecule has 2 rings (SSSR count). The molecule has 0 amide bonds. The molecule has 1 aromatic carbocycles. The van der Waals surface area contributed by atoms with E-state index in [4.69, 9.17) is 23.2 Å². The van der Waals surface area contributed by atoms with Gasteiger partial charge in [0.05, 0.1) is 18.2 Å². The number of ketones is 1. The minimum Gasteiger partial charge on any atom is -0.294 e. The molecule has 0 aliphatic rings. The van der Waals surface area contributed by atoms with Crippen LogP contribution in [0.25, 0.3) is 0 Å². The third-order valence-corrected chi connectivity index (χ3v) is 3.94. The summed E-state index contributed by atoms with van der Waals surface area (Å²) in [6.07, 6.45) is 4.24. The summed E-state index contributed by atoms with van der Waals surface area (Å²) < 4.78 is 1.94. The van der Waals surface area contributed by atoms with Crippen LogP contribution < -0.4 is 0 Å². The average molecular weight is 325 g/mol. The van der Waals surface area contributed by atoms with Crippen LogP contribution in [0, 0.1) is 0 Å². The Morgan fingerprint density at radius 3 is 2.38 bits per heavy atom. The maximum atomic E-state index is 12.3. The first-order valence-electron chi connectivity index (χ1n) is 7.06. The summed E-state index contributed by atoms with van der Waals surface area (Å²) in [7, 11) is 0. The van der Waals surface area contributed by atoms with E-state index in [1.807, 2.05) is 16.9 Å². The van der Waals surface area contributed by atoms with Gasteiger partial charge < -0.3 is 0 Å². The number of rotatable bonds is 6. The Bertz CT molecular complexity index is 613. The van der Waals surface area contributed by atoms with E-state index in [0.29, 0.717) is 21.7 Å². The van der Waals surface area contributed by atoms with Gasteiger partial charge in [0.1, 0.15) is 0 Å². The Labute approximate surface area is 134 Å². The standard InChI is InChI=1S/C16H18Cl2N2O/c1-3-15(4-2)20-6-5-14(19-20)10-16(21)11-7-12(17)9-13(18)8-11/h5-9,15H,3-4,10H2,1-2H3. The molecular weight excluding hydrogens is 307 g/mol. The van der Waals surface area contributed by atoms with E-state index in [0.717, 1.165) is 18.5 Å². The number of Topliss-reactive ketones (excluding diaryl/α,β-unsaturated/α-hetero) is 1. The van der Waals surface area contributed by atoms with Crippen LogP contribution in [-0.4, -0.2) is 15.6 Å². The second-order valence-electron chi connectivity index (χ2n) is 5.02. The van der Waals surface area contributed by atoms with Crippen LogP contribution in [0.3, 0.4) is 0 Å². The number of nitrogens with zero attached hydrogens (tertiary/aromatic N) is 2. The van der Waals surface area contributed by atoms with Gasteiger partial charge in [0.25, 0.3) is 0 Å². The van der Waals surface area contributed by atoms with Crippen LogP contribution in [0.1, 0.15) is 48.8 Å². The molecule has 3 nitrogen and oxygen atoms in total. The molecule has 1 aromatic heterocycles. The van der Waals surface area contributed by atoms with E-state index in [1.54, 1.807) is 18.2 Å². The predicted octanol–water partition coefficient (Wildman–Crippen LogP) is 4.98. The van der Waals surface area contributed by atoms with Gasteiger partial charge in [0, 0.05) is 21.8 Å². The summed E-state index contributed by atoms with van der Waals surface area (Å²) in [5.74, 6) is -0.0332. The van der Waals surface area contributed by atoms with E-state index in [9.17, 15) is 4.79 Å². The van der Waals surface area contributed by atoms with Gasteiger partial charge in [-0.1, -0.05) is 37.0 Å². The van der Waals surface area contributed by atoms with Crippen molar-refractivity contribution in [1.29, 1.82) is 0 Å². The van der Waals surface area contributed by atoms with E-state index in [2.05, 4.69) is 18.9 Å². The fraction of sp³-hybridized carbons (Fsp3) is 0.375. The molecule has 0 unspecified atom stereocenters. The number of halogens is 2. The lowest BCUT2D eigenvalue weighted by Crippen LogP contribution is -2.09. The molecule has 0 N–H and O–H groups in total. The van der Waals surface area contributed by atoms with Crippen LogP contribution in [-0.2, 0) is 6.42 Å². The molecule has 1 heterocycles. The van der Waals surface area contributed by atoms with Crippen molar-refractivity contribution in [3.05, 3.63) is 51.8 Å². The molecule has 5 heteroatoms. The Morgan fingerprint density at radius 2 is 1.81 bits per heavy atom. The zero-order valence-corrected chi connectivity index (χ0v) is 13.7. The van der Waals surface area contributed by atoms with Gasteiger partial charge in [-0.3, -0.25) is 9.48 Å². The molecule has 0 atom stereocenters. The summed E-state index contributed by atoms with van der Waals surface area (Å²) in [5, 5.41) is 5.42. The number of hydrogen-bond donors (Lipinski definition) is 0. The zero-order valence-electron chi connectivity index (χ0n) is 12.1. The quantitative estimate of drug-likeness (QED) is 0.702. The smallest absolute Gasteiger partial charge is 0.168 e. The van der Waals surface area contributed by atoms with Gasteiger partial charge in [-0.2, -0.15) is 5.10 Å². The van der Waals surface area contributed by atoms with Crippen molar-refractivity contribution in [2.75, 3.05) is 0 Å². The number of carbonyl (C=O) groups excluding carboxylic acids is 1. The Kier molecular flexibility index (Phi) is 5.43. The highest BCUT2D eigenvalue weighted by molar-refractivity contribution is 6.35. The monoisotopic (exact) mass is 324 g/mol. The number of carbonyl (C=O) groups is 1. The topological polar surface area (TPSA) is 34.9 Å². The minimum atomic E-state index is -0.0332. The van der Waals surface area contributed by atoms with Gasteiger partial charge in [0.2, 0.25) is 0 Å². The fourth-order valence-corrected chi connectivity index (χ4v) is 2.85. The van der Waals surface area contributed by atoms with Crippen LogP contribution >= 0.6 is 23.2 Å². The third kappa shape index (κ3) is 4.08. The van der Waals surface area contributed by atoms with Crippen molar-refractivity contribution < 1.29 is 4.79 Å². The van der Waals surface area contributed by atoms with Crippen LogP contribution in [0.2, 0.25) is 10.0 Å². The van der Waals surface area contributed by atoms with Crippen molar-refractivity contribution in [3.8, 4) is 0 Å². The molecule has 0 saturated carbocycles. The number of aromatic nitrogens is 2. The summed E-state index contributed by atoms with van der Waals surface area (Å²) in [6.45, 7) is 4.27. The van der Waals surface area contributed by atoms with Crippen molar-refractivity contribution >= 4 is 29.0 Å². The maximum absolute atomic E-state index is 12.3. The van der Waals surface area contributed by atoms with E-state index < -0.39 is 0 Å². The van der Waals surface area contributed by atoms with Gasteiger partial charge in [0.15, 0.2) is 5.78 Å². The summed E-state index contributed by atoms with van der Waals surface area (Å²) in [6, 6.07) is 7.15. The predicted molar refractivity (Wildman–Crippen MR) is 86.3 cm³/mol. The summed E-state index contributed by atoms with van der Waals surface area (Å²) in [5.41, 5.74) is 1.28. The van der Waals surface area contributed by atoms with E-state index in [-0.39, 0.29) is 12.2 Å². The van der Waals surface area contributed by atoms with E-state index in [1.165, 1.54) is 0 Å². The molecule has 112 valence electrons. The van der Waals surface area contributed by atoms with E-state index >= 15 is 0 Å². The Morgan fingerprint density at radius 1 is 1.19 bits per heavy atom. The van der Waals surface area contributed by atoms with Crippen LogP contribution in [0.15, 0.2) is 30.5 Å². The molecule has 2 aromatic rings. The number of benzene rings is 1. The van der Waals surface area contributed by atoms with Gasteiger partial charge in [-0.15, -0.1) is 0 Å². The largest absolute Gasteiger partial charge is 0.294 e. The Hall–Kier alpha value is -1.32. The van der Waals surface area contributed by atoms with Gasteiger partial charge in [-0.25, -0.2) is 0 Å². The first-order valence-corrected chi connectivity index (χ1v) is 7.82. The van der Waals surface area contributed by atoms with Crippen LogP contribution in [0.5, 0.6) is 0 Å². The van der Waals surface area contributed by atoms with Crippen LogP contribution in [0.4, 0.5) is 0 Å². The van der Waals surface area contributed by atoms with Crippen molar-refractivity contribution in [2.24, 2.45) is 0 Å². The lowest BCUT2D eigenvalue weighted by atomic mass is 10.1. The second kappa shape index (κ2) is 7.10. The molecule has 0 spiro atoms. The zero-order chi connectivity index (χ0) is 15.4. The highest BCUT2D eigenvalue weighted by Crippen LogP contribution is 2.20. The maximum Gasteiger partial charge on any atom is 0.168 e. The molecule has 21 heavy (non-hydrogen) atoms. The Balaban J connectivity index is 2.12. The van der Waals surface area contributed by atoms with Crippen molar-refractivity contribution in [1.82, 2.24) is 9.78 Å². The van der Waals surface area contributed by atoms with Gasteiger partial charge >= 0.3 is 0 Å². The molecule has 0 saturated heterocycles. The highest BCUT2D eigenvalue weighted by Gasteiger charge is 2.13. The summed E-state index contributed by atoms with van der Waals surface area (Å²) >= 11 is 11.8. The lowest BCUT2D eigenvalue weighted by Gasteiger charge is -2.12. The highest BCUT2D eigenvalue weighted by atomic mass is 35.5. The third-order valence-electron chi connectivity index (χ3n) is 3.51. The van der Waals surface area contributed by atoms with Crippen molar-refractivity contribution in [2.45, 2.75) is 39.2 Å². The minimum absolute atomic E-state index is 0.0332. The SMILES string of the molecule is CCC(CC)n1ccc(CC(=O)c2cc(Cl)cc(Cl)c2)n1. The molecule has 0 bridgehead atoms. The number of hydrogen-bond acceptors (Lipinski definition) is 2. The molecule has 0 aliphatic carbocycles. The molecule has 0 radical (unpaired) electrons. The van der Waals surface area contributed by atoms with Gasteiger partial charge in [-0.05, 0) is 37.1 Å². The first kappa shape index (κ1) is 16.1. The molecule has 0 fully saturated rings.